The zero-order valence-electron chi connectivity index (χ0n) is 9.49. The number of rotatable bonds is 4. The first-order chi connectivity index (χ1) is 8.38. The van der Waals surface area contributed by atoms with E-state index in [1.165, 1.54) is 25.1 Å². The molecule has 0 aliphatic rings. The van der Waals surface area contributed by atoms with Crippen LogP contribution in [0.4, 0.5) is 11.4 Å². The maximum atomic E-state index is 11.2. The predicted molar refractivity (Wildman–Crippen MR) is 66.6 cm³/mol. The SMILES string of the molecule is CC(=O)Nc1ccc(NC(=O)CC(=O)O)cc1Cl. The van der Waals surface area contributed by atoms with E-state index in [9.17, 15) is 14.4 Å². The topological polar surface area (TPSA) is 95.5 Å². The lowest BCUT2D eigenvalue weighted by atomic mass is 10.2. The first kappa shape index (κ1) is 14.0. The molecule has 0 heterocycles. The second kappa shape index (κ2) is 6.02. The second-order valence-corrected chi connectivity index (χ2v) is 3.90. The second-order valence-electron chi connectivity index (χ2n) is 3.49. The molecule has 0 saturated carbocycles. The number of benzene rings is 1. The summed E-state index contributed by atoms with van der Waals surface area (Å²) in [7, 11) is 0. The lowest BCUT2D eigenvalue weighted by Gasteiger charge is -2.08. The van der Waals surface area contributed by atoms with Gasteiger partial charge in [-0.15, -0.1) is 0 Å². The van der Waals surface area contributed by atoms with E-state index in [0.717, 1.165) is 0 Å². The third-order valence-corrected chi connectivity index (χ3v) is 2.19. The minimum absolute atomic E-state index is 0.248. The molecule has 0 radical (unpaired) electrons. The molecule has 0 unspecified atom stereocenters. The lowest BCUT2D eigenvalue weighted by Crippen LogP contribution is -2.16. The van der Waals surface area contributed by atoms with E-state index in [-0.39, 0.29) is 10.9 Å². The van der Waals surface area contributed by atoms with Crippen molar-refractivity contribution < 1.29 is 19.5 Å². The molecule has 0 aliphatic carbocycles. The molecule has 3 N–H and O–H groups in total. The molecular formula is C11H11ClN2O4. The number of hydrogen-bond donors (Lipinski definition) is 3. The quantitative estimate of drug-likeness (QED) is 0.726. The van der Waals surface area contributed by atoms with Gasteiger partial charge in [0.2, 0.25) is 11.8 Å². The van der Waals surface area contributed by atoms with Gasteiger partial charge in [-0.1, -0.05) is 11.6 Å². The Labute approximate surface area is 108 Å². The Bertz CT molecular complexity index is 502. The number of hydrogen-bond acceptors (Lipinski definition) is 3. The molecule has 2 amide bonds. The van der Waals surface area contributed by atoms with Gasteiger partial charge in [0, 0.05) is 12.6 Å². The molecule has 6 nitrogen and oxygen atoms in total. The summed E-state index contributed by atoms with van der Waals surface area (Å²) in [4.78, 5) is 32.3. The van der Waals surface area contributed by atoms with Crippen molar-refractivity contribution in [3.8, 4) is 0 Å². The summed E-state index contributed by atoms with van der Waals surface area (Å²) < 4.78 is 0. The molecule has 18 heavy (non-hydrogen) atoms. The molecule has 0 spiro atoms. The molecule has 7 heteroatoms. The van der Waals surface area contributed by atoms with Gasteiger partial charge < -0.3 is 15.7 Å². The van der Waals surface area contributed by atoms with Gasteiger partial charge in [-0.2, -0.15) is 0 Å². The van der Waals surface area contributed by atoms with E-state index in [0.29, 0.717) is 11.4 Å². The van der Waals surface area contributed by atoms with Crippen LogP contribution in [0.3, 0.4) is 0 Å². The third kappa shape index (κ3) is 4.42. The molecule has 1 aromatic rings. The number of carbonyl (C=O) groups is 3. The zero-order valence-corrected chi connectivity index (χ0v) is 10.2. The van der Waals surface area contributed by atoms with Crippen LogP contribution >= 0.6 is 11.6 Å². The van der Waals surface area contributed by atoms with Gasteiger partial charge in [-0.05, 0) is 18.2 Å². The van der Waals surface area contributed by atoms with Crippen molar-refractivity contribution in [1.29, 1.82) is 0 Å². The fraction of sp³-hybridized carbons (Fsp3) is 0.182. The zero-order chi connectivity index (χ0) is 13.7. The number of carboxylic acid groups (broad SMARTS) is 1. The minimum atomic E-state index is -1.21. The Hall–Kier alpha value is -2.08. The Balaban J connectivity index is 2.75. The molecule has 1 rings (SSSR count). The van der Waals surface area contributed by atoms with E-state index in [4.69, 9.17) is 16.7 Å². The number of amides is 2. The van der Waals surface area contributed by atoms with E-state index in [1.807, 2.05) is 0 Å². The largest absolute Gasteiger partial charge is 0.481 e. The van der Waals surface area contributed by atoms with Crippen molar-refractivity contribution in [3.63, 3.8) is 0 Å². The number of halogens is 1. The molecule has 0 saturated heterocycles. The molecule has 96 valence electrons. The van der Waals surface area contributed by atoms with E-state index in [2.05, 4.69) is 10.6 Å². The van der Waals surface area contributed by atoms with Crippen LogP contribution < -0.4 is 10.6 Å². The van der Waals surface area contributed by atoms with Crippen molar-refractivity contribution in [2.75, 3.05) is 10.6 Å². The number of anilines is 2. The molecular weight excluding hydrogens is 260 g/mol. The fourth-order valence-electron chi connectivity index (χ4n) is 1.23. The molecule has 0 bridgehead atoms. The maximum Gasteiger partial charge on any atom is 0.312 e. The summed E-state index contributed by atoms with van der Waals surface area (Å²) in [5, 5.41) is 13.6. The van der Waals surface area contributed by atoms with E-state index < -0.39 is 18.3 Å². The van der Waals surface area contributed by atoms with Gasteiger partial charge in [0.1, 0.15) is 6.42 Å². The van der Waals surface area contributed by atoms with Gasteiger partial charge in [0.15, 0.2) is 0 Å². The number of aliphatic carboxylic acids is 1. The predicted octanol–water partition coefficient (Wildman–Crippen LogP) is 1.71. The Morgan fingerprint density at radius 2 is 1.94 bits per heavy atom. The smallest absolute Gasteiger partial charge is 0.312 e. The number of nitrogens with one attached hydrogen (secondary N) is 2. The van der Waals surface area contributed by atoms with Crippen molar-refractivity contribution in [2.45, 2.75) is 13.3 Å². The van der Waals surface area contributed by atoms with Crippen LogP contribution in [0, 0.1) is 0 Å². The van der Waals surface area contributed by atoms with Crippen molar-refractivity contribution in [2.24, 2.45) is 0 Å². The highest BCUT2D eigenvalue weighted by Gasteiger charge is 2.09. The van der Waals surface area contributed by atoms with E-state index >= 15 is 0 Å². The highest BCUT2D eigenvalue weighted by atomic mass is 35.5. The summed E-state index contributed by atoms with van der Waals surface area (Å²) in [5.74, 6) is -2.13. The van der Waals surface area contributed by atoms with Gasteiger partial charge in [0.05, 0.1) is 10.7 Å². The molecule has 0 aliphatic heterocycles. The Morgan fingerprint density at radius 1 is 1.28 bits per heavy atom. The molecule has 1 aromatic carbocycles. The lowest BCUT2D eigenvalue weighted by molar-refractivity contribution is -0.139. The maximum absolute atomic E-state index is 11.2. The van der Waals surface area contributed by atoms with Crippen LogP contribution in [0.25, 0.3) is 0 Å². The summed E-state index contributed by atoms with van der Waals surface area (Å²) in [6, 6.07) is 4.45. The van der Waals surface area contributed by atoms with Crippen LogP contribution in [0.1, 0.15) is 13.3 Å². The van der Waals surface area contributed by atoms with Gasteiger partial charge in [-0.25, -0.2) is 0 Å². The fourth-order valence-corrected chi connectivity index (χ4v) is 1.45. The average molecular weight is 271 g/mol. The van der Waals surface area contributed by atoms with Crippen molar-refractivity contribution in [1.82, 2.24) is 0 Å². The summed E-state index contributed by atoms with van der Waals surface area (Å²) in [6.07, 6.45) is -0.620. The van der Waals surface area contributed by atoms with Crippen LogP contribution in [0.2, 0.25) is 5.02 Å². The Morgan fingerprint density at radius 3 is 2.44 bits per heavy atom. The van der Waals surface area contributed by atoms with Crippen LogP contribution in [-0.2, 0) is 14.4 Å². The highest BCUT2D eigenvalue weighted by molar-refractivity contribution is 6.34. The average Bonchev–Trinajstić information content (AvgIpc) is 2.20. The number of carboxylic acids is 1. The monoisotopic (exact) mass is 270 g/mol. The summed E-state index contributed by atoms with van der Waals surface area (Å²) in [6.45, 7) is 1.35. The van der Waals surface area contributed by atoms with Crippen molar-refractivity contribution in [3.05, 3.63) is 23.2 Å². The third-order valence-electron chi connectivity index (χ3n) is 1.88. The minimum Gasteiger partial charge on any atom is -0.481 e. The van der Waals surface area contributed by atoms with Gasteiger partial charge in [0.25, 0.3) is 0 Å². The van der Waals surface area contributed by atoms with Gasteiger partial charge in [-0.3, -0.25) is 14.4 Å². The van der Waals surface area contributed by atoms with E-state index in [1.54, 1.807) is 0 Å². The van der Waals surface area contributed by atoms with Crippen LogP contribution in [0.15, 0.2) is 18.2 Å². The summed E-state index contributed by atoms with van der Waals surface area (Å²) >= 11 is 5.88. The summed E-state index contributed by atoms with van der Waals surface area (Å²) in [5.41, 5.74) is 0.778. The normalized spacial score (nSPS) is 9.67. The Kier molecular flexibility index (Phi) is 4.67. The van der Waals surface area contributed by atoms with Crippen molar-refractivity contribution >= 4 is 40.8 Å². The standard InChI is InChI=1S/C11H11ClN2O4/c1-6(15)13-9-3-2-7(4-8(9)12)14-10(16)5-11(17)18/h2-4H,5H2,1H3,(H,13,15)(H,14,16)(H,17,18). The van der Waals surface area contributed by atoms with Crippen LogP contribution in [-0.4, -0.2) is 22.9 Å². The van der Waals surface area contributed by atoms with Crippen LogP contribution in [0.5, 0.6) is 0 Å². The molecule has 0 atom stereocenters. The highest BCUT2D eigenvalue weighted by Crippen LogP contribution is 2.25. The number of carbonyl (C=O) groups excluding carboxylic acids is 2. The first-order valence-corrected chi connectivity index (χ1v) is 5.35. The van der Waals surface area contributed by atoms with Gasteiger partial charge >= 0.3 is 5.97 Å². The first-order valence-electron chi connectivity index (χ1n) is 4.97. The molecule has 0 aromatic heterocycles. The molecule has 0 fully saturated rings.